The van der Waals surface area contributed by atoms with E-state index < -0.39 is 5.41 Å². The van der Waals surface area contributed by atoms with E-state index >= 15 is 0 Å². The summed E-state index contributed by atoms with van der Waals surface area (Å²) in [6, 6.07) is 5.69. The maximum absolute atomic E-state index is 12.2. The molecular formula is C17H20BrNO2. The Kier molecular flexibility index (Phi) is 4.57. The molecule has 1 aromatic carbocycles. The Morgan fingerprint density at radius 1 is 1.24 bits per heavy atom. The van der Waals surface area contributed by atoms with Crippen molar-refractivity contribution in [2.24, 2.45) is 5.41 Å². The van der Waals surface area contributed by atoms with Gasteiger partial charge >= 0.3 is 5.97 Å². The number of halogens is 1. The van der Waals surface area contributed by atoms with Crippen LogP contribution < -0.4 is 4.74 Å². The van der Waals surface area contributed by atoms with Crippen LogP contribution in [-0.4, -0.2) is 11.0 Å². The van der Waals surface area contributed by atoms with E-state index in [0.717, 1.165) is 22.0 Å². The molecule has 0 aliphatic heterocycles. The summed E-state index contributed by atoms with van der Waals surface area (Å²) in [5.74, 6) is 0.354. The number of nitrogens with one attached hydrogen (secondary N) is 1. The Hall–Kier alpha value is -1.55. The molecule has 1 N–H and O–H groups in total. The zero-order chi connectivity index (χ0) is 15.6. The number of carbonyl (C=O) groups excluding carboxylic acids is 1. The first kappa shape index (κ1) is 15.8. The summed E-state index contributed by atoms with van der Waals surface area (Å²) in [4.78, 5) is 15.3. The lowest BCUT2D eigenvalue weighted by atomic mass is 9.97. The average molecular weight is 350 g/mol. The van der Waals surface area contributed by atoms with Crippen LogP contribution in [0.15, 0.2) is 35.1 Å². The number of ether oxygens (including phenoxy) is 1. The van der Waals surface area contributed by atoms with Crippen LogP contribution in [0.25, 0.3) is 11.1 Å². The van der Waals surface area contributed by atoms with Gasteiger partial charge < -0.3 is 9.72 Å². The molecule has 2 aromatic rings. The molecule has 0 bridgehead atoms. The van der Waals surface area contributed by atoms with Gasteiger partial charge in [0.2, 0.25) is 0 Å². The molecule has 1 heterocycles. The predicted octanol–water partition coefficient (Wildman–Crippen LogP) is 4.96. The Morgan fingerprint density at radius 3 is 2.57 bits per heavy atom. The number of aromatic amines is 1. The highest BCUT2D eigenvalue weighted by Crippen LogP contribution is 2.36. The van der Waals surface area contributed by atoms with Crippen molar-refractivity contribution in [3.05, 3.63) is 40.6 Å². The molecule has 0 radical (unpaired) electrons. The minimum Gasteiger partial charge on any atom is -0.425 e. The summed E-state index contributed by atoms with van der Waals surface area (Å²) < 4.78 is 6.57. The van der Waals surface area contributed by atoms with Crippen LogP contribution in [0.5, 0.6) is 5.75 Å². The zero-order valence-electron chi connectivity index (χ0n) is 12.8. The van der Waals surface area contributed by atoms with Gasteiger partial charge in [0.15, 0.2) is 0 Å². The van der Waals surface area contributed by atoms with Crippen LogP contribution in [0.1, 0.15) is 33.3 Å². The van der Waals surface area contributed by atoms with Gasteiger partial charge in [0.25, 0.3) is 0 Å². The molecule has 0 amide bonds. The van der Waals surface area contributed by atoms with E-state index in [1.807, 2.05) is 51.4 Å². The highest BCUT2D eigenvalue weighted by Gasteiger charge is 2.25. The summed E-state index contributed by atoms with van der Waals surface area (Å²) >= 11 is 3.48. The number of esters is 1. The summed E-state index contributed by atoms with van der Waals surface area (Å²) in [6.45, 7) is 7.65. The van der Waals surface area contributed by atoms with E-state index in [-0.39, 0.29) is 5.97 Å². The van der Waals surface area contributed by atoms with E-state index in [0.29, 0.717) is 5.75 Å². The highest BCUT2D eigenvalue weighted by atomic mass is 79.9. The molecule has 0 spiro atoms. The Morgan fingerprint density at radius 2 is 1.95 bits per heavy atom. The normalized spacial score (nSPS) is 11.5. The number of benzene rings is 1. The molecule has 2 rings (SSSR count). The summed E-state index contributed by atoms with van der Waals surface area (Å²) in [5.41, 5.74) is 2.65. The first-order valence-corrected chi connectivity index (χ1v) is 7.80. The van der Waals surface area contributed by atoms with Crippen molar-refractivity contribution < 1.29 is 9.53 Å². The maximum atomic E-state index is 12.2. The van der Waals surface area contributed by atoms with Gasteiger partial charge in [0, 0.05) is 28.0 Å². The third kappa shape index (κ3) is 3.56. The van der Waals surface area contributed by atoms with Gasteiger partial charge in [-0.15, -0.1) is 0 Å². The summed E-state index contributed by atoms with van der Waals surface area (Å²) in [5, 5.41) is 0. The topological polar surface area (TPSA) is 42.1 Å². The lowest BCUT2D eigenvalue weighted by molar-refractivity contribution is -0.142. The molecule has 1 aromatic heterocycles. The molecule has 21 heavy (non-hydrogen) atoms. The fraction of sp³-hybridized carbons (Fsp3) is 0.353. The van der Waals surface area contributed by atoms with Gasteiger partial charge in [0.1, 0.15) is 5.75 Å². The lowest BCUT2D eigenvalue weighted by Crippen LogP contribution is -2.25. The van der Waals surface area contributed by atoms with E-state index in [1.54, 1.807) is 0 Å². The third-order valence-electron chi connectivity index (χ3n) is 3.26. The highest BCUT2D eigenvalue weighted by molar-refractivity contribution is 9.10. The first-order valence-electron chi connectivity index (χ1n) is 7.00. The van der Waals surface area contributed by atoms with Gasteiger partial charge in [-0.2, -0.15) is 0 Å². The lowest BCUT2D eigenvalue weighted by Gasteiger charge is -2.18. The Bertz CT molecular complexity index is 653. The number of aryl methyl sites for hydroxylation is 1. The van der Waals surface area contributed by atoms with Crippen LogP contribution in [0, 0.1) is 5.41 Å². The first-order chi connectivity index (χ1) is 9.82. The SMILES string of the molecule is CCc1c[nH]cc1-c1cc(Br)ccc1OC(=O)C(C)(C)C. The quantitative estimate of drug-likeness (QED) is 0.628. The number of rotatable bonds is 3. The number of hydrogen-bond donors (Lipinski definition) is 1. The van der Waals surface area contributed by atoms with Crippen LogP contribution in [0.4, 0.5) is 0 Å². The molecule has 3 nitrogen and oxygen atoms in total. The smallest absolute Gasteiger partial charge is 0.316 e. The van der Waals surface area contributed by atoms with Crippen molar-refractivity contribution in [2.45, 2.75) is 34.1 Å². The molecule has 112 valence electrons. The summed E-state index contributed by atoms with van der Waals surface area (Å²) in [7, 11) is 0. The van der Waals surface area contributed by atoms with E-state index in [9.17, 15) is 4.79 Å². The monoisotopic (exact) mass is 349 g/mol. The van der Waals surface area contributed by atoms with Crippen molar-refractivity contribution in [3.63, 3.8) is 0 Å². The molecule has 0 fully saturated rings. The molecule has 0 saturated heterocycles. The average Bonchev–Trinajstić information content (AvgIpc) is 2.87. The van der Waals surface area contributed by atoms with Gasteiger partial charge in [-0.25, -0.2) is 0 Å². The predicted molar refractivity (Wildman–Crippen MR) is 88.4 cm³/mol. The number of aromatic nitrogens is 1. The van der Waals surface area contributed by atoms with Crippen molar-refractivity contribution in [2.75, 3.05) is 0 Å². The molecule has 0 saturated carbocycles. The fourth-order valence-corrected chi connectivity index (χ4v) is 2.36. The molecular weight excluding hydrogens is 330 g/mol. The van der Waals surface area contributed by atoms with E-state index in [2.05, 4.69) is 27.8 Å². The van der Waals surface area contributed by atoms with Crippen molar-refractivity contribution in [3.8, 4) is 16.9 Å². The number of hydrogen-bond acceptors (Lipinski definition) is 2. The van der Waals surface area contributed by atoms with Crippen molar-refractivity contribution in [1.29, 1.82) is 0 Å². The van der Waals surface area contributed by atoms with Gasteiger partial charge in [-0.1, -0.05) is 22.9 Å². The van der Waals surface area contributed by atoms with Crippen LogP contribution in [-0.2, 0) is 11.2 Å². The van der Waals surface area contributed by atoms with Crippen LogP contribution >= 0.6 is 15.9 Å². The van der Waals surface area contributed by atoms with Gasteiger partial charge in [-0.3, -0.25) is 4.79 Å². The number of carbonyl (C=O) groups is 1. The van der Waals surface area contributed by atoms with Crippen LogP contribution in [0.3, 0.4) is 0 Å². The number of H-pyrrole nitrogens is 1. The minimum atomic E-state index is -0.532. The van der Waals surface area contributed by atoms with Gasteiger partial charge in [0.05, 0.1) is 5.41 Å². The van der Waals surface area contributed by atoms with Crippen molar-refractivity contribution >= 4 is 21.9 Å². The van der Waals surface area contributed by atoms with Crippen molar-refractivity contribution in [1.82, 2.24) is 4.98 Å². The zero-order valence-corrected chi connectivity index (χ0v) is 14.4. The Labute approximate surface area is 133 Å². The maximum Gasteiger partial charge on any atom is 0.316 e. The third-order valence-corrected chi connectivity index (χ3v) is 3.75. The second kappa shape index (κ2) is 6.06. The van der Waals surface area contributed by atoms with Gasteiger partial charge in [-0.05, 0) is 51.0 Å². The summed E-state index contributed by atoms with van der Waals surface area (Å²) in [6.07, 6.45) is 4.83. The second-order valence-corrected chi connectivity index (χ2v) is 6.94. The largest absolute Gasteiger partial charge is 0.425 e. The molecule has 4 heteroatoms. The fourth-order valence-electron chi connectivity index (χ4n) is 1.99. The molecule has 0 atom stereocenters. The van der Waals surface area contributed by atoms with E-state index in [1.165, 1.54) is 5.56 Å². The standard InChI is InChI=1S/C17H20BrNO2/c1-5-11-9-19-10-14(11)13-8-12(18)6-7-15(13)21-16(20)17(2,3)4/h6-10,19H,5H2,1-4H3. The molecule has 0 aliphatic rings. The molecule has 0 unspecified atom stereocenters. The molecule has 0 aliphatic carbocycles. The Balaban J connectivity index is 2.46. The second-order valence-electron chi connectivity index (χ2n) is 6.03. The minimum absolute atomic E-state index is 0.236. The van der Waals surface area contributed by atoms with Crippen LogP contribution in [0.2, 0.25) is 0 Å². The van der Waals surface area contributed by atoms with E-state index in [4.69, 9.17) is 4.74 Å².